The van der Waals surface area contributed by atoms with Gasteiger partial charge in [-0.2, -0.15) is 5.10 Å². The highest BCUT2D eigenvalue weighted by Gasteiger charge is 2.07. The van der Waals surface area contributed by atoms with Crippen LogP contribution in [0.15, 0.2) is 42.5 Å². The second kappa shape index (κ2) is 5.21. The van der Waals surface area contributed by atoms with E-state index in [1.165, 1.54) is 27.8 Å². The molecule has 3 rings (SSSR count). The number of nitrogens with one attached hydrogen (secondary N) is 1. The molecule has 1 N–H and O–H groups in total. The van der Waals surface area contributed by atoms with Crippen LogP contribution in [0.1, 0.15) is 22.3 Å². The third-order valence-corrected chi connectivity index (χ3v) is 4.20. The number of benzene rings is 2. The second-order valence-corrected chi connectivity index (χ2v) is 5.76. The molecule has 0 atom stereocenters. The molecule has 0 radical (unpaired) electrons. The zero-order valence-electron chi connectivity index (χ0n) is 13.0. The molecule has 1 aromatic heterocycles. The van der Waals surface area contributed by atoms with Gasteiger partial charge in [0.2, 0.25) is 0 Å². The molecule has 0 fully saturated rings. The Kier molecular flexibility index (Phi) is 3.38. The molecule has 0 bridgehead atoms. The summed E-state index contributed by atoms with van der Waals surface area (Å²) in [6.07, 6.45) is 0. The van der Waals surface area contributed by atoms with Gasteiger partial charge in [0.15, 0.2) is 0 Å². The first kappa shape index (κ1) is 13.6. The standard InChI is InChI=1S/C19H20N2/c1-12-5-7-16(9-14(12)3)18-11-19(21-20-18)17-8-6-13(2)15(4)10-17/h5-11H,1-4H3,(H,20,21). The average molecular weight is 276 g/mol. The molecule has 106 valence electrons. The van der Waals surface area contributed by atoms with E-state index in [2.05, 4.69) is 80.4 Å². The largest absolute Gasteiger partial charge is 0.277 e. The number of nitrogens with zero attached hydrogens (tertiary/aromatic N) is 1. The second-order valence-electron chi connectivity index (χ2n) is 5.76. The van der Waals surface area contributed by atoms with Crippen molar-refractivity contribution < 1.29 is 0 Å². The number of aromatic nitrogens is 2. The summed E-state index contributed by atoms with van der Waals surface area (Å²) in [5, 5.41) is 7.61. The smallest absolute Gasteiger partial charge is 0.0927 e. The van der Waals surface area contributed by atoms with Gasteiger partial charge in [0.05, 0.1) is 11.4 Å². The van der Waals surface area contributed by atoms with Crippen molar-refractivity contribution >= 4 is 0 Å². The van der Waals surface area contributed by atoms with Crippen molar-refractivity contribution in [2.75, 3.05) is 0 Å². The zero-order chi connectivity index (χ0) is 15.0. The monoisotopic (exact) mass is 276 g/mol. The van der Waals surface area contributed by atoms with Crippen molar-refractivity contribution in [2.24, 2.45) is 0 Å². The van der Waals surface area contributed by atoms with E-state index < -0.39 is 0 Å². The van der Waals surface area contributed by atoms with Crippen LogP contribution in [-0.2, 0) is 0 Å². The van der Waals surface area contributed by atoms with Gasteiger partial charge in [-0.15, -0.1) is 0 Å². The summed E-state index contributed by atoms with van der Waals surface area (Å²) in [5.41, 5.74) is 9.61. The van der Waals surface area contributed by atoms with E-state index in [-0.39, 0.29) is 0 Å². The maximum Gasteiger partial charge on any atom is 0.0927 e. The molecular formula is C19H20N2. The number of H-pyrrole nitrogens is 1. The fraction of sp³-hybridized carbons (Fsp3) is 0.211. The van der Waals surface area contributed by atoms with E-state index in [0.717, 1.165) is 17.0 Å². The molecule has 1 heterocycles. The number of hydrogen-bond acceptors (Lipinski definition) is 1. The van der Waals surface area contributed by atoms with E-state index in [1.807, 2.05) is 0 Å². The molecule has 0 saturated carbocycles. The summed E-state index contributed by atoms with van der Waals surface area (Å²) in [4.78, 5) is 0. The first-order chi connectivity index (χ1) is 10.0. The van der Waals surface area contributed by atoms with Gasteiger partial charge in [-0.3, -0.25) is 5.10 Å². The lowest BCUT2D eigenvalue weighted by molar-refractivity contribution is 1.10. The first-order valence-electron chi connectivity index (χ1n) is 7.25. The first-order valence-corrected chi connectivity index (χ1v) is 7.25. The quantitative estimate of drug-likeness (QED) is 0.702. The van der Waals surface area contributed by atoms with Crippen molar-refractivity contribution in [3.05, 3.63) is 64.7 Å². The SMILES string of the molecule is Cc1ccc(-c2cc(-c3ccc(C)c(C)c3)[nH]n2)cc1C. The van der Waals surface area contributed by atoms with Gasteiger partial charge in [-0.25, -0.2) is 0 Å². The van der Waals surface area contributed by atoms with Crippen LogP contribution in [-0.4, -0.2) is 10.2 Å². The Hall–Kier alpha value is -2.35. The van der Waals surface area contributed by atoms with Crippen molar-refractivity contribution in [2.45, 2.75) is 27.7 Å². The molecule has 0 spiro atoms. The Morgan fingerprint density at radius 2 is 1.24 bits per heavy atom. The highest BCUT2D eigenvalue weighted by molar-refractivity contribution is 5.69. The van der Waals surface area contributed by atoms with E-state index in [9.17, 15) is 0 Å². The van der Waals surface area contributed by atoms with Gasteiger partial charge in [0.1, 0.15) is 0 Å². The van der Waals surface area contributed by atoms with Crippen LogP contribution >= 0.6 is 0 Å². The van der Waals surface area contributed by atoms with Crippen molar-refractivity contribution in [1.29, 1.82) is 0 Å². The van der Waals surface area contributed by atoms with Crippen LogP contribution in [0.4, 0.5) is 0 Å². The van der Waals surface area contributed by atoms with Crippen LogP contribution in [0, 0.1) is 27.7 Å². The molecule has 0 aliphatic carbocycles. The lowest BCUT2D eigenvalue weighted by Gasteiger charge is -2.03. The molecule has 2 heteroatoms. The summed E-state index contributed by atoms with van der Waals surface area (Å²) in [5.74, 6) is 0. The molecule has 3 aromatic rings. The summed E-state index contributed by atoms with van der Waals surface area (Å²) < 4.78 is 0. The fourth-order valence-corrected chi connectivity index (χ4v) is 2.43. The van der Waals surface area contributed by atoms with Gasteiger partial charge >= 0.3 is 0 Å². The summed E-state index contributed by atoms with van der Waals surface area (Å²) in [6, 6.07) is 15.1. The number of rotatable bonds is 2. The number of aryl methyl sites for hydroxylation is 4. The van der Waals surface area contributed by atoms with Crippen molar-refractivity contribution in [1.82, 2.24) is 10.2 Å². The molecular weight excluding hydrogens is 256 g/mol. The molecule has 21 heavy (non-hydrogen) atoms. The molecule has 2 nitrogen and oxygen atoms in total. The predicted molar refractivity (Wildman–Crippen MR) is 88.4 cm³/mol. The van der Waals surface area contributed by atoms with E-state index >= 15 is 0 Å². The lowest BCUT2D eigenvalue weighted by Crippen LogP contribution is -1.83. The number of hydrogen-bond donors (Lipinski definition) is 1. The molecule has 0 unspecified atom stereocenters. The Morgan fingerprint density at radius 1 is 0.667 bits per heavy atom. The topological polar surface area (TPSA) is 28.7 Å². The lowest BCUT2D eigenvalue weighted by atomic mass is 10.0. The Morgan fingerprint density at radius 3 is 1.86 bits per heavy atom. The van der Waals surface area contributed by atoms with Crippen LogP contribution in [0.3, 0.4) is 0 Å². The Balaban J connectivity index is 1.99. The minimum atomic E-state index is 0.992. The molecule has 0 saturated heterocycles. The van der Waals surface area contributed by atoms with Gasteiger partial charge in [0.25, 0.3) is 0 Å². The predicted octanol–water partition coefficient (Wildman–Crippen LogP) is 4.98. The highest BCUT2D eigenvalue weighted by atomic mass is 15.1. The highest BCUT2D eigenvalue weighted by Crippen LogP contribution is 2.26. The third-order valence-electron chi connectivity index (χ3n) is 4.20. The van der Waals surface area contributed by atoms with Gasteiger partial charge in [-0.1, -0.05) is 24.3 Å². The minimum absolute atomic E-state index is 0.992. The summed E-state index contributed by atoms with van der Waals surface area (Å²) in [7, 11) is 0. The van der Waals surface area contributed by atoms with Crippen LogP contribution in [0.25, 0.3) is 22.5 Å². The van der Waals surface area contributed by atoms with Gasteiger partial charge in [-0.05, 0) is 73.7 Å². The van der Waals surface area contributed by atoms with Gasteiger partial charge < -0.3 is 0 Å². The molecule has 0 amide bonds. The number of aromatic amines is 1. The third kappa shape index (κ3) is 2.62. The van der Waals surface area contributed by atoms with E-state index in [4.69, 9.17) is 0 Å². The average Bonchev–Trinajstić information content (AvgIpc) is 2.94. The van der Waals surface area contributed by atoms with Crippen molar-refractivity contribution in [3.63, 3.8) is 0 Å². The summed E-state index contributed by atoms with van der Waals surface area (Å²) >= 11 is 0. The van der Waals surface area contributed by atoms with Crippen LogP contribution in [0.2, 0.25) is 0 Å². The summed E-state index contributed by atoms with van der Waals surface area (Å²) in [6.45, 7) is 8.53. The van der Waals surface area contributed by atoms with Crippen LogP contribution < -0.4 is 0 Å². The Labute approximate surface area is 125 Å². The minimum Gasteiger partial charge on any atom is -0.277 e. The maximum absolute atomic E-state index is 4.46. The van der Waals surface area contributed by atoms with Crippen molar-refractivity contribution in [3.8, 4) is 22.5 Å². The normalized spacial score (nSPS) is 10.9. The maximum atomic E-state index is 4.46. The molecule has 0 aliphatic rings. The fourth-order valence-electron chi connectivity index (χ4n) is 2.43. The Bertz CT molecular complexity index is 731. The van der Waals surface area contributed by atoms with Gasteiger partial charge in [0, 0.05) is 5.56 Å². The molecule has 2 aromatic carbocycles. The zero-order valence-corrected chi connectivity index (χ0v) is 13.0. The van der Waals surface area contributed by atoms with E-state index in [1.54, 1.807) is 0 Å². The van der Waals surface area contributed by atoms with E-state index in [0.29, 0.717) is 0 Å². The van der Waals surface area contributed by atoms with Crippen LogP contribution in [0.5, 0.6) is 0 Å². The molecule has 0 aliphatic heterocycles.